The maximum absolute atomic E-state index is 8.99. The van der Waals surface area contributed by atoms with Gasteiger partial charge in [0.1, 0.15) is 0 Å². The van der Waals surface area contributed by atoms with Gasteiger partial charge in [-0.1, -0.05) is 30.7 Å². The molecule has 3 heteroatoms. The Kier molecular flexibility index (Phi) is 5.09. The van der Waals surface area contributed by atoms with Crippen molar-refractivity contribution in [2.75, 3.05) is 6.61 Å². The second-order valence-corrected chi connectivity index (χ2v) is 4.20. The Morgan fingerprint density at radius 2 is 1.93 bits per heavy atom. The standard InChI is InChI=1S/C12H18ClNO/c1-3-12(14-9(2)8-15)10-4-6-11(13)7-5-10/h4-7,9,12,14-15H,3,8H2,1-2H3/t9-,12+/m0/s1. The van der Waals surface area contributed by atoms with Gasteiger partial charge in [0.25, 0.3) is 0 Å². The minimum Gasteiger partial charge on any atom is -0.395 e. The van der Waals surface area contributed by atoms with Crippen molar-refractivity contribution in [2.24, 2.45) is 0 Å². The zero-order valence-corrected chi connectivity index (χ0v) is 9.96. The smallest absolute Gasteiger partial charge is 0.0582 e. The number of aliphatic hydroxyl groups excluding tert-OH is 1. The van der Waals surface area contributed by atoms with Crippen LogP contribution in [0.15, 0.2) is 24.3 Å². The first-order valence-electron chi connectivity index (χ1n) is 5.29. The Morgan fingerprint density at radius 3 is 2.40 bits per heavy atom. The van der Waals surface area contributed by atoms with Gasteiger partial charge in [0.15, 0.2) is 0 Å². The molecular formula is C12H18ClNO. The number of benzene rings is 1. The maximum Gasteiger partial charge on any atom is 0.0582 e. The predicted octanol–water partition coefficient (Wildman–Crippen LogP) is 2.76. The van der Waals surface area contributed by atoms with E-state index in [1.165, 1.54) is 5.56 Å². The molecule has 15 heavy (non-hydrogen) atoms. The molecule has 0 amide bonds. The summed E-state index contributed by atoms with van der Waals surface area (Å²) in [4.78, 5) is 0. The Balaban J connectivity index is 2.69. The summed E-state index contributed by atoms with van der Waals surface area (Å²) in [6.45, 7) is 4.25. The highest BCUT2D eigenvalue weighted by molar-refractivity contribution is 6.30. The highest BCUT2D eigenvalue weighted by Crippen LogP contribution is 2.19. The number of rotatable bonds is 5. The van der Waals surface area contributed by atoms with Gasteiger partial charge >= 0.3 is 0 Å². The first-order chi connectivity index (χ1) is 7.17. The van der Waals surface area contributed by atoms with Gasteiger partial charge in [0, 0.05) is 17.1 Å². The van der Waals surface area contributed by atoms with Crippen molar-refractivity contribution in [2.45, 2.75) is 32.4 Å². The summed E-state index contributed by atoms with van der Waals surface area (Å²) in [5.41, 5.74) is 1.21. The van der Waals surface area contributed by atoms with Crippen LogP contribution >= 0.6 is 11.6 Å². The maximum atomic E-state index is 8.99. The highest BCUT2D eigenvalue weighted by atomic mass is 35.5. The summed E-state index contributed by atoms with van der Waals surface area (Å²) < 4.78 is 0. The Morgan fingerprint density at radius 1 is 1.33 bits per heavy atom. The fraction of sp³-hybridized carbons (Fsp3) is 0.500. The fourth-order valence-electron chi connectivity index (χ4n) is 1.54. The van der Waals surface area contributed by atoms with E-state index in [2.05, 4.69) is 12.2 Å². The van der Waals surface area contributed by atoms with E-state index in [4.69, 9.17) is 16.7 Å². The third-order valence-electron chi connectivity index (χ3n) is 2.44. The van der Waals surface area contributed by atoms with Crippen LogP contribution in [0.25, 0.3) is 0 Å². The molecule has 1 aromatic rings. The van der Waals surface area contributed by atoms with E-state index in [9.17, 15) is 0 Å². The molecule has 1 aromatic carbocycles. The third kappa shape index (κ3) is 3.82. The van der Waals surface area contributed by atoms with E-state index < -0.39 is 0 Å². The summed E-state index contributed by atoms with van der Waals surface area (Å²) in [5.74, 6) is 0. The molecule has 0 saturated carbocycles. The lowest BCUT2D eigenvalue weighted by Crippen LogP contribution is -2.32. The molecule has 2 atom stereocenters. The van der Waals surface area contributed by atoms with E-state index >= 15 is 0 Å². The van der Waals surface area contributed by atoms with E-state index in [0.29, 0.717) is 0 Å². The van der Waals surface area contributed by atoms with Crippen molar-refractivity contribution in [3.8, 4) is 0 Å². The molecule has 0 heterocycles. The number of nitrogens with one attached hydrogen (secondary N) is 1. The number of hydrogen-bond donors (Lipinski definition) is 2. The average molecular weight is 228 g/mol. The summed E-state index contributed by atoms with van der Waals surface area (Å²) in [7, 11) is 0. The fourth-order valence-corrected chi connectivity index (χ4v) is 1.67. The van der Waals surface area contributed by atoms with Crippen LogP contribution in [-0.2, 0) is 0 Å². The van der Waals surface area contributed by atoms with Crippen molar-refractivity contribution in [3.63, 3.8) is 0 Å². The summed E-state index contributed by atoms with van der Waals surface area (Å²) >= 11 is 5.83. The molecule has 84 valence electrons. The van der Waals surface area contributed by atoms with Crippen LogP contribution in [0.4, 0.5) is 0 Å². The summed E-state index contributed by atoms with van der Waals surface area (Å²) in [6.07, 6.45) is 0.992. The lowest BCUT2D eigenvalue weighted by Gasteiger charge is -2.21. The first-order valence-corrected chi connectivity index (χ1v) is 5.67. The van der Waals surface area contributed by atoms with Crippen LogP contribution in [0, 0.1) is 0 Å². The van der Waals surface area contributed by atoms with Crippen LogP contribution in [0.2, 0.25) is 5.02 Å². The van der Waals surface area contributed by atoms with Gasteiger partial charge in [-0.15, -0.1) is 0 Å². The van der Waals surface area contributed by atoms with Crippen molar-refractivity contribution in [1.29, 1.82) is 0 Å². The van der Waals surface area contributed by atoms with Gasteiger partial charge in [-0.25, -0.2) is 0 Å². The van der Waals surface area contributed by atoms with Crippen LogP contribution in [0.5, 0.6) is 0 Å². The van der Waals surface area contributed by atoms with Gasteiger partial charge in [-0.3, -0.25) is 0 Å². The van der Waals surface area contributed by atoms with Crippen molar-refractivity contribution < 1.29 is 5.11 Å². The van der Waals surface area contributed by atoms with Crippen LogP contribution in [-0.4, -0.2) is 17.8 Å². The molecule has 0 aromatic heterocycles. The molecule has 0 aliphatic heterocycles. The number of halogens is 1. The van der Waals surface area contributed by atoms with Crippen LogP contribution in [0.3, 0.4) is 0 Å². The molecule has 0 aliphatic carbocycles. The molecule has 2 nitrogen and oxygen atoms in total. The molecule has 0 saturated heterocycles. The predicted molar refractivity (Wildman–Crippen MR) is 64.2 cm³/mol. The van der Waals surface area contributed by atoms with Gasteiger partial charge in [0.2, 0.25) is 0 Å². The SMILES string of the molecule is CC[C@@H](N[C@@H](C)CO)c1ccc(Cl)cc1. The minimum absolute atomic E-state index is 0.116. The lowest BCUT2D eigenvalue weighted by atomic mass is 10.0. The largest absolute Gasteiger partial charge is 0.395 e. The molecule has 2 N–H and O–H groups in total. The molecule has 0 fully saturated rings. The quantitative estimate of drug-likeness (QED) is 0.811. The third-order valence-corrected chi connectivity index (χ3v) is 2.69. The Bertz CT molecular complexity index is 286. The summed E-state index contributed by atoms with van der Waals surface area (Å²) in [6, 6.07) is 8.23. The Labute approximate surface area is 96.3 Å². The van der Waals surface area contributed by atoms with E-state index in [-0.39, 0.29) is 18.7 Å². The molecular weight excluding hydrogens is 210 g/mol. The molecule has 0 unspecified atom stereocenters. The zero-order chi connectivity index (χ0) is 11.3. The molecule has 0 bridgehead atoms. The molecule has 0 aliphatic rings. The topological polar surface area (TPSA) is 32.3 Å². The van der Waals surface area contributed by atoms with Crippen molar-refractivity contribution in [3.05, 3.63) is 34.9 Å². The van der Waals surface area contributed by atoms with Gasteiger partial charge in [0.05, 0.1) is 6.61 Å². The first kappa shape index (κ1) is 12.5. The highest BCUT2D eigenvalue weighted by Gasteiger charge is 2.11. The lowest BCUT2D eigenvalue weighted by molar-refractivity contribution is 0.239. The van der Waals surface area contributed by atoms with Gasteiger partial charge < -0.3 is 10.4 Å². The zero-order valence-electron chi connectivity index (χ0n) is 9.20. The van der Waals surface area contributed by atoms with Crippen LogP contribution < -0.4 is 5.32 Å². The van der Waals surface area contributed by atoms with E-state index in [1.807, 2.05) is 31.2 Å². The normalized spacial score (nSPS) is 14.9. The molecule has 0 radical (unpaired) electrons. The van der Waals surface area contributed by atoms with Crippen LogP contribution in [0.1, 0.15) is 31.9 Å². The molecule has 1 rings (SSSR count). The second kappa shape index (κ2) is 6.11. The monoisotopic (exact) mass is 227 g/mol. The number of hydrogen-bond acceptors (Lipinski definition) is 2. The molecule has 0 spiro atoms. The average Bonchev–Trinajstić information content (AvgIpc) is 2.27. The minimum atomic E-state index is 0.116. The number of aliphatic hydroxyl groups is 1. The van der Waals surface area contributed by atoms with E-state index in [1.54, 1.807) is 0 Å². The van der Waals surface area contributed by atoms with Crippen molar-refractivity contribution in [1.82, 2.24) is 5.32 Å². The Hall–Kier alpha value is -0.570. The van der Waals surface area contributed by atoms with E-state index in [0.717, 1.165) is 11.4 Å². The van der Waals surface area contributed by atoms with Gasteiger partial charge in [-0.2, -0.15) is 0 Å². The second-order valence-electron chi connectivity index (χ2n) is 3.76. The van der Waals surface area contributed by atoms with Gasteiger partial charge in [-0.05, 0) is 31.0 Å². The van der Waals surface area contributed by atoms with Crippen molar-refractivity contribution >= 4 is 11.6 Å². The summed E-state index contributed by atoms with van der Waals surface area (Å²) in [5, 5.41) is 13.1.